The molecular weight excluding hydrogens is 324 g/mol. The first-order chi connectivity index (χ1) is 11.2. The van der Waals surface area contributed by atoms with Crippen molar-refractivity contribution in [3.05, 3.63) is 52.8 Å². The number of hydrogen-bond donors (Lipinski definition) is 1. The molecule has 130 valence electrons. The molecule has 4 nitrogen and oxygen atoms in total. The van der Waals surface area contributed by atoms with Crippen molar-refractivity contribution in [3.63, 3.8) is 0 Å². The number of ether oxygens (including phenoxy) is 2. The van der Waals surface area contributed by atoms with Gasteiger partial charge in [0.2, 0.25) is 0 Å². The van der Waals surface area contributed by atoms with Gasteiger partial charge in [0, 0.05) is 12.2 Å². The van der Waals surface area contributed by atoms with E-state index in [1.807, 2.05) is 26.8 Å². The van der Waals surface area contributed by atoms with Gasteiger partial charge in [0.25, 0.3) is 0 Å². The molecule has 5 heteroatoms. The van der Waals surface area contributed by atoms with E-state index in [0.29, 0.717) is 13.2 Å². The van der Waals surface area contributed by atoms with Crippen LogP contribution in [-0.4, -0.2) is 24.7 Å². The SMILES string of the molecule is CCOc1cc2c(cc1OCC)C(c1cccc(C)n1)NCC2.Cl. The molecule has 1 aliphatic heterocycles. The summed E-state index contributed by atoms with van der Waals surface area (Å²) in [6, 6.07) is 10.5. The molecule has 1 N–H and O–H groups in total. The van der Waals surface area contributed by atoms with Crippen molar-refractivity contribution in [2.45, 2.75) is 33.2 Å². The second kappa shape index (κ2) is 8.36. The zero-order valence-electron chi connectivity index (χ0n) is 14.5. The molecule has 0 saturated heterocycles. The van der Waals surface area contributed by atoms with Crippen LogP contribution in [0.25, 0.3) is 0 Å². The van der Waals surface area contributed by atoms with Gasteiger partial charge in [-0.05, 0) is 62.6 Å². The van der Waals surface area contributed by atoms with Crippen LogP contribution in [0.4, 0.5) is 0 Å². The zero-order chi connectivity index (χ0) is 16.2. The maximum absolute atomic E-state index is 5.79. The smallest absolute Gasteiger partial charge is 0.161 e. The number of benzene rings is 1. The van der Waals surface area contributed by atoms with Crippen molar-refractivity contribution in [1.29, 1.82) is 0 Å². The lowest BCUT2D eigenvalue weighted by Gasteiger charge is -2.28. The lowest BCUT2D eigenvalue weighted by Crippen LogP contribution is -2.31. The lowest BCUT2D eigenvalue weighted by atomic mass is 9.91. The molecule has 2 heterocycles. The molecular formula is C19H25ClN2O2. The first kappa shape index (κ1) is 18.6. The normalized spacial score (nSPS) is 16.0. The van der Waals surface area contributed by atoms with Crippen molar-refractivity contribution < 1.29 is 9.47 Å². The minimum atomic E-state index is 0. The van der Waals surface area contributed by atoms with Gasteiger partial charge >= 0.3 is 0 Å². The molecule has 0 spiro atoms. The predicted octanol–water partition coefficient (Wildman–Crippen LogP) is 3.84. The van der Waals surface area contributed by atoms with Crippen molar-refractivity contribution in [2.75, 3.05) is 19.8 Å². The van der Waals surface area contributed by atoms with Crippen LogP contribution < -0.4 is 14.8 Å². The Labute approximate surface area is 150 Å². The fourth-order valence-corrected chi connectivity index (χ4v) is 3.09. The van der Waals surface area contributed by atoms with Crippen LogP contribution in [0.1, 0.15) is 42.4 Å². The van der Waals surface area contributed by atoms with Crippen molar-refractivity contribution in [3.8, 4) is 11.5 Å². The van der Waals surface area contributed by atoms with E-state index in [0.717, 1.165) is 35.9 Å². The van der Waals surface area contributed by atoms with Gasteiger partial charge in [0.1, 0.15) is 0 Å². The highest BCUT2D eigenvalue weighted by molar-refractivity contribution is 5.85. The summed E-state index contributed by atoms with van der Waals surface area (Å²) in [4.78, 5) is 4.70. The number of pyridine rings is 1. The van der Waals surface area contributed by atoms with Gasteiger partial charge < -0.3 is 14.8 Å². The number of aromatic nitrogens is 1. The third kappa shape index (κ3) is 3.82. The third-order valence-electron chi connectivity index (χ3n) is 4.06. The Bertz CT molecular complexity index is 691. The molecule has 1 aliphatic rings. The van der Waals surface area contributed by atoms with Crippen LogP contribution in [0.3, 0.4) is 0 Å². The number of rotatable bonds is 5. The van der Waals surface area contributed by atoms with E-state index in [9.17, 15) is 0 Å². The summed E-state index contributed by atoms with van der Waals surface area (Å²) in [5.74, 6) is 1.65. The zero-order valence-corrected chi connectivity index (χ0v) is 15.3. The van der Waals surface area contributed by atoms with E-state index in [4.69, 9.17) is 14.5 Å². The number of halogens is 1. The van der Waals surface area contributed by atoms with E-state index < -0.39 is 0 Å². The average molecular weight is 349 g/mol. The van der Waals surface area contributed by atoms with Crippen molar-refractivity contribution in [2.24, 2.45) is 0 Å². The van der Waals surface area contributed by atoms with Gasteiger partial charge in [-0.2, -0.15) is 0 Å². The molecule has 0 aliphatic carbocycles. The highest BCUT2D eigenvalue weighted by Crippen LogP contribution is 2.37. The van der Waals surface area contributed by atoms with E-state index in [2.05, 4.69) is 29.6 Å². The van der Waals surface area contributed by atoms with Gasteiger partial charge in [0.15, 0.2) is 11.5 Å². The Morgan fingerprint density at radius 2 is 1.83 bits per heavy atom. The number of aryl methyl sites for hydroxylation is 1. The largest absolute Gasteiger partial charge is 0.490 e. The van der Waals surface area contributed by atoms with Crippen molar-refractivity contribution >= 4 is 12.4 Å². The van der Waals surface area contributed by atoms with Crippen LogP contribution in [-0.2, 0) is 6.42 Å². The maximum Gasteiger partial charge on any atom is 0.161 e. The summed E-state index contributed by atoms with van der Waals surface area (Å²) in [5.41, 5.74) is 4.63. The van der Waals surface area contributed by atoms with Crippen LogP contribution in [0.5, 0.6) is 11.5 Å². The molecule has 1 atom stereocenters. The van der Waals surface area contributed by atoms with E-state index in [-0.39, 0.29) is 18.4 Å². The van der Waals surface area contributed by atoms with Crippen LogP contribution in [0, 0.1) is 6.92 Å². The molecule has 0 amide bonds. The highest BCUT2D eigenvalue weighted by atomic mass is 35.5. The molecule has 1 aromatic carbocycles. The summed E-state index contributed by atoms with van der Waals surface area (Å²) in [6.45, 7) is 8.22. The molecule has 3 rings (SSSR count). The minimum Gasteiger partial charge on any atom is -0.490 e. The lowest BCUT2D eigenvalue weighted by molar-refractivity contribution is 0.286. The molecule has 2 aromatic rings. The molecule has 24 heavy (non-hydrogen) atoms. The summed E-state index contributed by atoms with van der Waals surface area (Å²) in [6.07, 6.45) is 0.990. The van der Waals surface area contributed by atoms with Gasteiger partial charge in [-0.3, -0.25) is 4.98 Å². The summed E-state index contributed by atoms with van der Waals surface area (Å²) in [5, 5.41) is 3.58. The van der Waals surface area contributed by atoms with Crippen LogP contribution in [0.2, 0.25) is 0 Å². The average Bonchev–Trinajstić information content (AvgIpc) is 2.55. The molecule has 0 saturated carbocycles. The Balaban J connectivity index is 0.00000208. The molecule has 1 aromatic heterocycles. The summed E-state index contributed by atoms with van der Waals surface area (Å²) >= 11 is 0. The second-order valence-electron chi connectivity index (χ2n) is 5.70. The molecule has 0 fully saturated rings. The monoisotopic (exact) mass is 348 g/mol. The molecule has 0 radical (unpaired) electrons. The van der Waals surface area contributed by atoms with E-state index >= 15 is 0 Å². The quantitative estimate of drug-likeness (QED) is 0.891. The maximum atomic E-state index is 5.79. The molecule has 1 unspecified atom stereocenters. The van der Waals surface area contributed by atoms with Crippen LogP contribution >= 0.6 is 12.4 Å². The third-order valence-corrected chi connectivity index (χ3v) is 4.06. The first-order valence-corrected chi connectivity index (χ1v) is 8.32. The highest BCUT2D eigenvalue weighted by Gasteiger charge is 2.25. The fraction of sp³-hybridized carbons (Fsp3) is 0.421. The van der Waals surface area contributed by atoms with Gasteiger partial charge in [0.05, 0.1) is 24.9 Å². The molecule has 0 bridgehead atoms. The van der Waals surface area contributed by atoms with Crippen molar-refractivity contribution in [1.82, 2.24) is 10.3 Å². The number of nitrogens with zero attached hydrogens (tertiary/aromatic N) is 1. The number of fused-ring (bicyclic) bond motifs is 1. The number of hydrogen-bond acceptors (Lipinski definition) is 4. The Morgan fingerprint density at radius 3 is 2.50 bits per heavy atom. The van der Waals surface area contributed by atoms with Gasteiger partial charge in [-0.25, -0.2) is 0 Å². The summed E-state index contributed by atoms with van der Waals surface area (Å²) in [7, 11) is 0. The Morgan fingerprint density at radius 1 is 1.12 bits per heavy atom. The van der Waals surface area contributed by atoms with Gasteiger partial charge in [-0.1, -0.05) is 6.07 Å². The Hall–Kier alpha value is -1.78. The second-order valence-corrected chi connectivity index (χ2v) is 5.70. The summed E-state index contributed by atoms with van der Waals surface area (Å²) < 4.78 is 11.5. The first-order valence-electron chi connectivity index (χ1n) is 8.32. The Kier molecular flexibility index (Phi) is 6.46. The minimum absolute atomic E-state index is 0. The van der Waals surface area contributed by atoms with Crippen LogP contribution in [0.15, 0.2) is 30.3 Å². The predicted molar refractivity (Wildman–Crippen MR) is 98.6 cm³/mol. The fourth-order valence-electron chi connectivity index (χ4n) is 3.09. The topological polar surface area (TPSA) is 43.4 Å². The standard InChI is InChI=1S/C19H24N2O2.ClH/c1-4-22-17-11-14-9-10-20-19(15(14)12-18(17)23-5-2)16-8-6-7-13(3)21-16;/h6-8,11-12,19-20H,4-5,9-10H2,1-3H3;1H. The number of nitrogens with one attached hydrogen (secondary N) is 1. The van der Waals surface area contributed by atoms with Gasteiger partial charge in [-0.15, -0.1) is 12.4 Å². The van der Waals surface area contributed by atoms with E-state index in [1.165, 1.54) is 11.1 Å². The van der Waals surface area contributed by atoms with E-state index in [1.54, 1.807) is 0 Å².